The van der Waals surface area contributed by atoms with E-state index in [1.807, 2.05) is 0 Å². The third-order valence-corrected chi connectivity index (χ3v) is 6.71. The van der Waals surface area contributed by atoms with Crippen molar-refractivity contribution >= 4 is 11.6 Å². The van der Waals surface area contributed by atoms with Gasteiger partial charge in [0.05, 0.1) is 17.7 Å². The summed E-state index contributed by atoms with van der Waals surface area (Å²) in [6.45, 7) is 3.09. The third-order valence-electron chi connectivity index (χ3n) is 6.71. The monoisotopic (exact) mass is 371 g/mol. The van der Waals surface area contributed by atoms with Crippen LogP contribution in [0.15, 0.2) is 42.5 Å². The number of anilines is 1. The Morgan fingerprint density at radius 1 is 0.964 bits per heavy atom. The van der Waals surface area contributed by atoms with Crippen molar-refractivity contribution in [3.05, 3.63) is 64.7 Å². The number of fused-ring (bicyclic) bond motifs is 5. The molecule has 2 bridgehead atoms. The van der Waals surface area contributed by atoms with Gasteiger partial charge in [0, 0.05) is 30.9 Å². The Kier molecular flexibility index (Phi) is 4.31. The Bertz CT molecular complexity index is 937. The van der Waals surface area contributed by atoms with Crippen LogP contribution in [0.25, 0.3) is 0 Å². The number of likely N-dealkylation sites (tertiary alicyclic amines) is 1. The third kappa shape index (κ3) is 2.86. The molecule has 142 valence electrons. The number of nitriles is 1. The van der Waals surface area contributed by atoms with Crippen LogP contribution in [0.3, 0.4) is 0 Å². The molecule has 0 N–H and O–H groups in total. The minimum Gasteiger partial charge on any atom is -0.372 e. The number of carbonyl (C=O) groups is 1. The lowest BCUT2D eigenvalue weighted by molar-refractivity contribution is 0.0620. The summed E-state index contributed by atoms with van der Waals surface area (Å²) >= 11 is 0. The minimum absolute atomic E-state index is 0.0872. The van der Waals surface area contributed by atoms with Crippen LogP contribution in [-0.2, 0) is 0 Å². The van der Waals surface area contributed by atoms with Crippen LogP contribution in [0.5, 0.6) is 0 Å². The zero-order chi connectivity index (χ0) is 19.1. The highest BCUT2D eigenvalue weighted by molar-refractivity contribution is 5.95. The van der Waals surface area contributed by atoms with E-state index in [-0.39, 0.29) is 11.9 Å². The van der Waals surface area contributed by atoms with Crippen molar-refractivity contribution in [2.45, 2.75) is 44.1 Å². The minimum atomic E-state index is 0.0872. The fourth-order valence-corrected chi connectivity index (χ4v) is 5.21. The van der Waals surface area contributed by atoms with E-state index in [1.54, 1.807) is 24.3 Å². The summed E-state index contributed by atoms with van der Waals surface area (Å²) in [6.07, 6.45) is 5.95. The van der Waals surface area contributed by atoms with Gasteiger partial charge in [-0.05, 0) is 85.5 Å². The van der Waals surface area contributed by atoms with Crippen molar-refractivity contribution in [3.63, 3.8) is 0 Å². The van der Waals surface area contributed by atoms with Gasteiger partial charge in [-0.15, -0.1) is 0 Å². The molecule has 0 spiro atoms. The summed E-state index contributed by atoms with van der Waals surface area (Å²) in [6, 6.07) is 16.3. The number of piperidine rings is 2. The summed E-state index contributed by atoms with van der Waals surface area (Å²) in [4.78, 5) is 17.8. The fraction of sp³-hybridized carbons (Fsp3) is 0.417. The molecule has 4 heteroatoms. The van der Waals surface area contributed by atoms with Gasteiger partial charge in [0.15, 0.2) is 0 Å². The van der Waals surface area contributed by atoms with Crippen LogP contribution in [-0.4, -0.2) is 30.4 Å². The molecule has 28 heavy (non-hydrogen) atoms. The Balaban J connectivity index is 1.44. The van der Waals surface area contributed by atoms with Crippen LogP contribution in [0, 0.1) is 11.3 Å². The molecule has 2 heterocycles. The smallest absolute Gasteiger partial charge is 0.254 e. The molecule has 2 aromatic rings. The Morgan fingerprint density at radius 2 is 1.75 bits per heavy atom. The maximum atomic E-state index is 13.2. The van der Waals surface area contributed by atoms with E-state index < -0.39 is 0 Å². The molecule has 0 saturated carbocycles. The van der Waals surface area contributed by atoms with Crippen molar-refractivity contribution in [2.24, 2.45) is 0 Å². The van der Waals surface area contributed by atoms with E-state index in [0.29, 0.717) is 17.0 Å². The zero-order valence-electron chi connectivity index (χ0n) is 16.1. The molecule has 4 nitrogen and oxygen atoms in total. The van der Waals surface area contributed by atoms with Crippen molar-refractivity contribution in [2.75, 3.05) is 24.5 Å². The summed E-state index contributed by atoms with van der Waals surface area (Å²) in [5.74, 6) is 0.671. The maximum absolute atomic E-state index is 13.2. The Labute approximate surface area is 166 Å². The molecular weight excluding hydrogens is 346 g/mol. The number of carbonyl (C=O) groups excluding carboxylic acids is 1. The molecule has 2 saturated heterocycles. The van der Waals surface area contributed by atoms with Gasteiger partial charge < -0.3 is 9.80 Å². The average molecular weight is 371 g/mol. The topological polar surface area (TPSA) is 47.3 Å². The zero-order valence-corrected chi connectivity index (χ0v) is 16.1. The second-order valence-electron chi connectivity index (χ2n) is 8.29. The number of rotatable bonds is 2. The molecule has 1 aliphatic carbocycles. The second kappa shape index (κ2) is 6.98. The second-order valence-corrected chi connectivity index (χ2v) is 8.29. The molecule has 1 amide bonds. The molecule has 2 atom stereocenters. The van der Waals surface area contributed by atoms with Crippen LogP contribution < -0.4 is 4.90 Å². The highest BCUT2D eigenvalue weighted by atomic mass is 16.2. The molecular formula is C24H25N3O. The first-order chi connectivity index (χ1) is 13.7. The molecule has 2 aliphatic heterocycles. The van der Waals surface area contributed by atoms with Gasteiger partial charge in [0.25, 0.3) is 5.91 Å². The summed E-state index contributed by atoms with van der Waals surface area (Å²) in [7, 11) is 0. The van der Waals surface area contributed by atoms with Gasteiger partial charge >= 0.3 is 0 Å². The van der Waals surface area contributed by atoms with E-state index in [1.165, 1.54) is 36.1 Å². The van der Waals surface area contributed by atoms with E-state index in [0.717, 1.165) is 32.5 Å². The fourth-order valence-electron chi connectivity index (χ4n) is 5.21. The lowest BCUT2D eigenvalue weighted by Crippen LogP contribution is -2.37. The lowest BCUT2D eigenvalue weighted by Gasteiger charge is -2.34. The van der Waals surface area contributed by atoms with Crippen molar-refractivity contribution in [1.82, 2.24) is 4.90 Å². The van der Waals surface area contributed by atoms with Gasteiger partial charge in [-0.1, -0.05) is 6.07 Å². The van der Waals surface area contributed by atoms with E-state index >= 15 is 0 Å². The molecule has 2 fully saturated rings. The molecule has 5 rings (SSSR count). The largest absolute Gasteiger partial charge is 0.372 e. The van der Waals surface area contributed by atoms with Crippen LogP contribution in [0.2, 0.25) is 0 Å². The summed E-state index contributed by atoms with van der Waals surface area (Å²) in [5.41, 5.74) is 5.39. The van der Waals surface area contributed by atoms with Gasteiger partial charge in [0.2, 0.25) is 0 Å². The molecule has 3 aliphatic rings. The van der Waals surface area contributed by atoms with Crippen molar-refractivity contribution in [3.8, 4) is 6.07 Å². The predicted molar refractivity (Wildman–Crippen MR) is 109 cm³/mol. The van der Waals surface area contributed by atoms with Crippen molar-refractivity contribution < 1.29 is 4.79 Å². The first kappa shape index (κ1) is 17.3. The van der Waals surface area contributed by atoms with Crippen LogP contribution in [0.4, 0.5) is 5.69 Å². The molecule has 2 aromatic carbocycles. The first-order valence-electron chi connectivity index (χ1n) is 10.4. The quantitative estimate of drug-likeness (QED) is 0.774. The van der Waals surface area contributed by atoms with Crippen LogP contribution >= 0.6 is 0 Å². The first-order valence-corrected chi connectivity index (χ1v) is 10.4. The van der Waals surface area contributed by atoms with Gasteiger partial charge in [-0.25, -0.2) is 0 Å². The van der Waals surface area contributed by atoms with Gasteiger partial charge in [-0.3, -0.25) is 4.79 Å². The van der Waals surface area contributed by atoms with E-state index in [2.05, 4.69) is 34.1 Å². The van der Waals surface area contributed by atoms with Crippen LogP contribution in [0.1, 0.15) is 71.1 Å². The summed E-state index contributed by atoms with van der Waals surface area (Å²) in [5, 5.41) is 8.99. The van der Waals surface area contributed by atoms with E-state index in [9.17, 15) is 4.79 Å². The molecule has 0 aromatic heterocycles. The van der Waals surface area contributed by atoms with Gasteiger partial charge in [-0.2, -0.15) is 5.26 Å². The average Bonchev–Trinajstić information content (AvgIpc) is 3.05. The normalized spacial score (nSPS) is 23.2. The number of amides is 1. The Hall–Kier alpha value is -2.80. The maximum Gasteiger partial charge on any atom is 0.254 e. The predicted octanol–water partition coefficient (Wildman–Crippen LogP) is 4.62. The highest BCUT2D eigenvalue weighted by Crippen LogP contribution is 2.50. The summed E-state index contributed by atoms with van der Waals surface area (Å²) < 4.78 is 0. The number of nitrogens with zero attached hydrogens (tertiary/aromatic N) is 3. The van der Waals surface area contributed by atoms with Crippen molar-refractivity contribution in [1.29, 1.82) is 5.26 Å². The molecule has 1 unspecified atom stereocenters. The Morgan fingerprint density at radius 3 is 2.50 bits per heavy atom. The number of hydrogen-bond donors (Lipinski definition) is 0. The molecule has 0 radical (unpaired) electrons. The van der Waals surface area contributed by atoms with E-state index in [4.69, 9.17) is 5.26 Å². The number of benzene rings is 2. The SMILES string of the molecule is N#Cc1ccc(C(=O)N2CCC3C[C@@H]2c2cc(N4CCCCC4)ccc23)cc1. The standard InChI is InChI=1S/C24H25N3O/c25-16-17-4-6-18(7-5-17)24(28)27-13-10-19-14-23(27)22-15-20(8-9-21(19)22)26-11-2-1-3-12-26/h4-9,15,19,23H,1-3,10-14H2/t19?,23-/m1/s1. The lowest BCUT2D eigenvalue weighted by atomic mass is 9.95. The number of hydrogen-bond acceptors (Lipinski definition) is 3. The van der Waals surface area contributed by atoms with Gasteiger partial charge in [0.1, 0.15) is 0 Å². The highest BCUT2D eigenvalue weighted by Gasteiger charge is 2.41.